The SMILES string of the molecule is CC.COc1c(C)cnc2c(-c3ccc(C#N)cc3)cccc12.CS. The molecule has 0 radical (unpaired) electrons. The maximum absolute atomic E-state index is 8.89. The van der Waals surface area contributed by atoms with Crippen LogP contribution in [-0.2, 0) is 0 Å². The van der Waals surface area contributed by atoms with E-state index < -0.39 is 0 Å². The maximum Gasteiger partial charge on any atom is 0.132 e. The predicted octanol–water partition coefficient (Wildman–Crippen LogP) is 5.66. The van der Waals surface area contributed by atoms with Crippen LogP contribution < -0.4 is 4.74 Å². The summed E-state index contributed by atoms with van der Waals surface area (Å²) in [6.45, 7) is 5.99. The van der Waals surface area contributed by atoms with Crippen LogP contribution in [0.5, 0.6) is 5.75 Å². The third-order valence-corrected chi connectivity index (χ3v) is 3.56. The van der Waals surface area contributed by atoms with E-state index in [4.69, 9.17) is 10.00 Å². The van der Waals surface area contributed by atoms with Gasteiger partial charge in [0.15, 0.2) is 0 Å². The fourth-order valence-corrected chi connectivity index (χ4v) is 2.53. The van der Waals surface area contributed by atoms with E-state index in [1.807, 2.05) is 69.4 Å². The van der Waals surface area contributed by atoms with E-state index in [1.165, 1.54) is 0 Å². The number of para-hydroxylation sites is 1. The summed E-state index contributed by atoms with van der Waals surface area (Å²) in [5.41, 5.74) is 4.65. The van der Waals surface area contributed by atoms with Gasteiger partial charge in [-0.1, -0.05) is 38.1 Å². The Morgan fingerprint density at radius 1 is 1.04 bits per heavy atom. The number of nitriles is 1. The van der Waals surface area contributed by atoms with Crippen molar-refractivity contribution in [1.82, 2.24) is 4.98 Å². The van der Waals surface area contributed by atoms with Gasteiger partial charge < -0.3 is 4.74 Å². The minimum atomic E-state index is 0.653. The molecule has 3 nitrogen and oxygen atoms in total. The van der Waals surface area contributed by atoms with E-state index >= 15 is 0 Å². The molecule has 0 saturated carbocycles. The first-order valence-electron chi connectivity index (χ1n) is 8.12. The molecule has 1 heterocycles. The van der Waals surface area contributed by atoms with Crippen molar-refractivity contribution in [2.24, 2.45) is 0 Å². The molecule has 4 heteroatoms. The van der Waals surface area contributed by atoms with Crippen molar-refractivity contribution < 1.29 is 4.74 Å². The lowest BCUT2D eigenvalue weighted by Gasteiger charge is -2.11. The number of ether oxygens (including phenoxy) is 1. The van der Waals surface area contributed by atoms with Gasteiger partial charge in [-0.15, -0.1) is 0 Å². The molecular formula is C21H24N2OS. The molecule has 130 valence electrons. The molecule has 3 rings (SSSR count). The standard InChI is InChI=1S/C18H14N2O.C2H6.CH4S/c1-12-11-20-17-15(4-3-5-16(17)18(12)21-2)14-8-6-13(10-19)7-9-14;2*1-2/h3-9,11H,1-2H3;1-2H3;2H,1H3. The number of aromatic nitrogens is 1. The molecule has 0 fully saturated rings. The van der Waals surface area contributed by atoms with Gasteiger partial charge >= 0.3 is 0 Å². The van der Waals surface area contributed by atoms with Crippen LogP contribution in [0, 0.1) is 18.3 Å². The number of benzene rings is 2. The van der Waals surface area contributed by atoms with Gasteiger partial charge in [0, 0.05) is 22.7 Å². The molecule has 0 amide bonds. The number of methoxy groups -OCH3 is 1. The van der Waals surface area contributed by atoms with Crippen LogP contribution in [0.25, 0.3) is 22.0 Å². The highest BCUT2D eigenvalue weighted by atomic mass is 32.1. The summed E-state index contributed by atoms with van der Waals surface area (Å²) < 4.78 is 5.50. The van der Waals surface area contributed by atoms with Gasteiger partial charge in [-0.05, 0) is 36.9 Å². The lowest BCUT2D eigenvalue weighted by molar-refractivity contribution is 0.416. The predicted molar refractivity (Wildman–Crippen MR) is 109 cm³/mol. The molecule has 0 unspecified atom stereocenters. The van der Waals surface area contributed by atoms with Crippen LogP contribution in [0.15, 0.2) is 48.7 Å². The van der Waals surface area contributed by atoms with Crippen molar-refractivity contribution in [3.63, 3.8) is 0 Å². The molecule has 0 aliphatic rings. The number of hydrogen-bond acceptors (Lipinski definition) is 4. The molecule has 0 spiro atoms. The van der Waals surface area contributed by atoms with Crippen LogP contribution in [0.2, 0.25) is 0 Å². The van der Waals surface area contributed by atoms with Crippen LogP contribution in [-0.4, -0.2) is 18.3 Å². The minimum absolute atomic E-state index is 0.653. The Balaban J connectivity index is 0.000000730. The van der Waals surface area contributed by atoms with Gasteiger partial charge in [-0.2, -0.15) is 17.9 Å². The lowest BCUT2D eigenvalue weighted by atomic mass is 10.00. The summed E-state index contributed by atoms with van der Waals surface area (Å²) in [5.74, 6) is 0.857. The molecule has 1 aromatic heterocycles. The Labute approximate surface area is 155 Å². The van der Waals surface area contributed by atoms with E-state index in [0.717, 1.165) is 33.3 Å². The second kappa shape index (κ2) is 10.4. The molecular weight excluding hydrogens is 328 g/mol. The molecule has 3 aromatic rings. The Bertz CT molecular complexity index is 852. The van der Waals surface area contributed by atoms with Gasteiger partial charge in [-0.3, -0.25) is 4.98 Å². The zero-order valence-electron chi connectivity index (χ0n) is 15.4. The summed E-state index contributed by atoms with van der Waals surface area (Å²) in [4.78, 5) is 4.56. The monoisotopic (exact) mass is 352 g/mol. The van der Waals surface area contributed by atoms with Crippen LogP contribution in [0.4, 0.5) is 0 Å². The van der Waals surface area contributed by atoms with Gasteiger partial charge in [0.1, 0.15) is 5.75 Å². The second-order valence-electron chi connectivity index (χ2n) is 4.87. The molecule has 0 N–H and O–H groups in total. The number of rotatable bonds is 2. The summed E-state index contributed by atoms with van der Waals surface area (Å²) >= 11 is 3.53. The average Bonchev–Trinajstić information content (AvgIpc) is 2.70. The largest absolute Gasteiger partial charge is 0.496 e. The number of pyridine rings is 1. The molecule has 0 saturated heterocycles. The van der Waals surface area contributed by atoms with Gasteiger partial charge in [0.2, 0.25) is 0 Å². The highest BCUT2D eigenvalue weighted by Gasteiger charge is 2.10. The maximum atomic E-state index is 8.89. The van der Waals surface area contributed by atoms with Crippen molar-refractivity contribution in [2.75, 3.05) is 13.4 Å². The number of hydrogen-bond donors (Lipinski definition) is 1. The summed E-state index contributed by atoms with van der Waals surface area (Å²) in [7, 11) is 1.68. The van der Waals surface area contributed by atoms with E-state index in [9.17, 15) is 0 Å². The van der Waals surface area contributed by atoms with Gasteiger partial charge in [-0.25, -0.2) is 0 Å². The van der Waals surface area contributed by atoms with E-state index in [-0.39, 0.29) is 0 Å². The Morgan fingerprint density at radius 3 is 2.24 bits per heavy atom. The summed E-state index contributed by atoms with van der Waals surface area (Å²) in [5, 5.41) is 9.89. The Kier molecular flexibility index (Phi) is 8.52. The first-order chi connectivity index (χ1) is 12.2. The van der Waals surface area contributed by atoms with Crippen LogP contribution in [0.1, 0.15) is 25.0 Å². The zero-order valence-corrected chi connectivity index (χ0v) is 16.3. The average molecular weight is 353 g/mol. The molecule has 0 aliphatic carbocycles. The number of aryl methyl sites for hydroxylation is 1. The second-order valence-corrected chi connectivity index (χ2v) is 4.87. The van der Waals surface area contributed by atoms with Crippen molar-refractivity contribution in [3.05, 3.63) is 59.8 Å². The molecule has 2 aromatic carbocycles. The quantitative estimate of drug-likeness (QED) is 0.605. The van der Waals surface area contributed by atoms with Crippen molar-refractivity contribution in [2.45, 2.75) is 20.8 Å². The summed E-state index contributed by atoms with van der Waals surface area (Å²) in [6.07, 6.45) is 3.52. The van der Waals surface area contributed by atoms with Gasteiger partial charge in [0.05, 0.1) is 24.3 Å². The van der Waals surface area contributed by atoms with Crippen molar-refractivity contribution in [1.29, 1.82) is 5.26 Å². The highest BCUT2D eigenvalue weighted by molar-refractivity contribution is 7.79. The zero-order chi connectivity index (χ0) is 18.8. The van der Waals surface area contributed by atoms with Crippen LogP contribution in [0.3, 0.4) is 0 Å². The fourth-order valence-electron chi connectivity index (χ4n) is 2.53. The lowest BCUT2D eigenvalue weighted by Crippen LogP contribution is -1.93. The van der Waals surface area contributed by atoms with Crippen molar-refractivity contribution >= 4 is 23.5 Å². The van der Waals surface area contributed by atoms with Gasteiger partial charge in [0.25, 0.3) is 0 Å². The molecule has 25 heavy (non-hydrogen) atoms. The molecule has 0 atom stereocenters. The Hall–Kier alpha value is -2.51. The normalized spacial score (nSPS) is 9.16. The molecule has 0 aliphatic heterocycles. The first kappa shape index (κ1) is 20.5. The number of nitrogens with zero attached hydrogens (tertiary/aromatic N) is 2. The van der Waals surface area contributed by atoms with E-state index in [2.05, 4.69) is 23.7 Å². The first-order valence-corrected chi connectivity index (χ1v) is 9.01. The molecule has 0 bridgehead atoms. The smallest absolute Gasteiger partial charge is 0.132 e. The third-order valence-electron chi connectivity index (χ3n) is 3.56. The number of thiol groups is 1. The van der Waals surface area contributed by atoms with E-state index in [0.29, 0.717) is 5.56 Å². The minimum Gasteiger partial charge on any atom is -0.496 e. The Morgan fingerprint density at radius 2 is 1.68 bits per heavy atom. The van der Waals surface area contributed by atoms with E-state index in [1.54, 1.807) is 13.4 Å². The highest BCUT2D eigenvalue weighted by Crippen LogP contribution is 2.33. The van der Waals surface area contributed by atoms with Crippen molar-refractivity contribution in [3.8, 4) is 22.9 Å². The fraction of sp³-hybridized carbons (Fsp3) is 0.238. The summed E-state index contributed by atoms with van der Waals surface area (Å²) in [6, 6.07) is 15.7. The topological polar surface area (TPSA) is 45.9 Å². The third kappa shape index (κ3) is 4.52. The number of fused-ring (bicyclic) bond motifs is 1. The van der Waals surface area contributed by atoms with Crippen LogP contribution >= 0.6 is 12.6 Å².